The molecule has 3 rings (SSSR count). The fourth-order valence-corrected chi connectivity index (χ4v) is 2.78. The van der Waals surface area contributed by atoms with E-state index in [-0.39, 0.29) is 0 Å². The number of nitrogens with one attached hydrogen (secondary N) is 1. The maximum absolute atomic E-state index is 5.93. The number of rotatable bonds is 1. The highest BCUT2D eigenvalue weighted by Crippen LogP contribution is 2.40. The summed E-state index contributed by atoms with van der Waals surface area (Å²) in [7, 11) is 0. The molecule has 0 aromatic carbocycles. The summed E-state index contributed by atoms with van der Waals surface area (Å²) in [5.74, 6) is 1.27. The van der Waals surface area contributed by atoms with Crippen LogP contribution in [0.4, 0.5) is 0 Å². The highest BCUT2D eigenvalue weighted by molar-refractivity contribution is 6.30. The monoisotopic (exact) mass is 198 g/mol. The van der Waals surface area contributed by atoms with E-state index in [1.165, 1.54) is 19.5 Å². The SMILES string of the molecule is Clc1n[nH]nc1C1CN2CCC1C2. The third kappa shape index (κ3) is 1.09. The molecule has 3 heterocycles. The Balaban J connectivity index is 1.91. The van der Waals surface area contributed by atoms with Crippen molar-refractivity contribution < 1.29 is 0 Å². The summed E-state index contributed by atoms with van der Waals surface area (Å²) >= 11 is 5.93. The predicted molar refractivity (Wildman–Crippen MR) is 48.7 cm³/mol. The first-order valence-corrected chi connectivity index (χ1v) is 5.01. The molecule has 2 fully saturated rings. The van der Waals surface area contributed by atoms with Gasteiger partial charge in [0, 0.05) is 19.0 Å². The van der Waals surface area contributed by atoms with Gasteiger partial charge in [-0.05, 0) is 18.9 Å². The summed E-state index contributed by atoms with van der Waals surface area (Å²) in [6, 6.07) is 0. The molecule has 1 aromatic rings. The van der Waals surface area contributed by atoms with Crippen LogP contribution in [0.3, 0.4) is 0 Å². The topological polar surface area (TPSA) is 44.8 Å². The van der Waals surface area contributed by atoms with Gasteiger partial charge in [-0.15, -0.1) is 5.10 Å². The number of hydrogen-bond donors (Lipinski definition) is 1. The fraction of sp³-hybridized carbons (Fsp3) is 0.750. The van der Waals surface area contributed by atoms with Gasteiger partial charge >= 0.3 is 0 Å². The summed E-state index contributed by atoms with van der Waals surface area (Å²) in [4.78, 5) is 2.47. The number of aromatic nitrogens is 3. The van der Waals surface area contributed by atoms with Gasteiger partial charge in [0.2, 0.25) is 0 Å². The Labute approximate surface area is 81.3 Å². The number of aromatic amines is 1. The lowest BCUT2D eigenvalue weighted by Gasteiger charge is -2.19. The summed E-state index contributed by atoms with van der Waals surface area (Å²) in [5, 5.41) is 11.1. The molecule has 2 bridgehead atoms. The Kier molecular flexibility index (Phi) is 1.60. The van der Waals surface area contributed by atoms with Gasteiger partial charge in [-0.1, -0.05) is 11.6 Å². The van der Waals surface area contributed by atoms with Gasteiger partial charge in [-0.25, -0.2) is 0 Å². The molecule has 4 nitrogen and oxygen atoms in total. The van der Waals surface area contributed by atoms with Crippen molar-refractivity contribution in [2.75, 3.05) is 19.6 Å². The molecule has 0 spiro atoms. The Morgan fingerprint density at radius 3 is 2.85 bits per heavy atom. The molecule has 1 aromatic heterocycles. The number of nitrogens with zero attached hydrogens (tertiary/aromatic N) is 3. The molecule has 70 valence electrons. The molecule has 0 aliphatic carbocycles. The molecule has 2 saturated heterocycles. The highest BCUT2D eigenvalue weighted by Gasteiger charge is 2.40. The molecule has 13 heavy (non-hydrogen) atoms. The van der Waals surface area contributed by atoms with Crippen LogP contribution >= 0.6 is 11.6 Å². The van der Waals surface area contributed by atoms with Crippen LogP contribution in [0.1, 0.15) is 18.0 Å². The fourth-order valence-electron chi connectivity index (χ4n) is 2.56. The van der Waals surface area contributed by atoms with E-state index < -0.39 is 0 Å². The van der Waals surface area contributed by atoms with Crippen LogP contribution in [0.25, 0.3) is 0 Å². The lowest BCUT2D eigenvalue weighted by atomic mass is 9.90. The minimum absolute atomic E-state index is 0.514. The zero-order chi connectivity index (χ0) is 8.84. The van der Waals surface area contributed by atoms with Gasteiger partial charge in [-0.2, -0.15) is 10.3 Å². The van der Waals surface area contributed by atoms with Crippen LogP contribution in [-0.4, -0.2) is 39.9 Å². The van der Waals surface area contributed by atoms with Crippen molar-refractivity contribution >= 4 is 11.6 Å². The molecule has 0 saturated carbocycles. The molecule has 3 unspecified atom stereocenters. The molecule has 3 atom stereocenters. The number of piperidine rings is 1. The summed E-state index contributed by atoms with van der Waals surface area (Å²) < 4.78 is 0. The number of fused-ring (bicyclic) bond motifs is 2. The molecule has 2 aliphatic heterocycles. The van der Waals surface area contributed by atoms with Crippen molar-refractivity contribution in [3.05, 3.63) is 10.8 Å². The highest BCUT2D eigenvalue weighted by atomic mass is 35.5. The summed E-state index contributed by atoms with van der Waals surface area (Å²) in [6.07, 6.45) is 1.29. The standard InChI is InChI=1S/C8H11ClN4/c9-8-7(10-12-11-8)6-4-13-2-1-5(6)3-13/h5-6H,1-4H2,(H,10,11,12). The Hall–Kier alpha value is -0.610. The maximum atomic E-state index is 5.93. The van der Waals surface area contributed by atoms with Crippen LogP contribution in [0.15, 0.2) is 0 Å². The van der Waals surface area contributed by atoms with Crippen LogP contribution < -0.4 is 0 Å². The van der Waals surface area contributed by atoms with Gasteiger partial charge in [0.05, 0.1) is 0 Å². The number of hydrogen-bond acceptors (Lipinski definition) is 3. The minimum atomic E-state index is 0.514. The molecule has 5 heteroatoms. The van der Waals surface area contributed by atoms with E-state index in [0.29, 0.717) is 11.1 Å². The first-order chi connectivity index (χ1) is 6.34. The van der Waals surface area contributed by atoms with E-state index in [0.717, 1.165) is 18.2 Å². The van der Waals surface area contributed by atoms with Gasteiger partial charge in [0.25, 0.3) is 0 Å². The number of halogens is 1. The van der Waals surface area contributed by atoms with Crippen LogP contribution in [0.2, 0.25) is 5.15 Å². The summed E-state index contributed by atoms with van der Waals surface area (Å²) in [5.41, 5.74) is 0.967. The van der Waals surface area contributed by atoms with Gasteiger partial charge in [-0.3, -0.25) is 0 Å². The maximum Gasteiger partial charge on any atom is 0.174 e. The lowest BCUT2D eigenvalue weighted by molar-refractivity contribution is 0.344. The summed E-state index contributed by atoms with van der Waals surface area (Å²) in [6.45, 7) is 3.57. The second-order valence-corrected chi connectivity index (χ2v) is 4.27. The zero-order valence-corrected chi connectivity index (χ0v) is 7.96. The molecular formula is C8H11ClN4. The van der Waals surface area contributed by atoms with Crippen LogP contribution in [0, 0.1) is 5.92 Å². The van der Waals surface area contributed by atoms with Crippen molar-refractivity contribution in [3.8, 4) is 0 Å². The Morgan fingerprint density at radius 1 is 1.38 bits per heavy atom. The molecule has 1 N–H and O–H groups in total. The van der Waals surface area contributed by atoms with Gasteiger partial charge < -0.3 is 4.90 Å². The zero-order valence-electron chi connectivity index (χ0n) is 7.20. The van der Waals surface area contributed by atoms with E-state index in [1.54, 1.807) is 0 Å². The smallest absolute Gasteiger partial charge is 0.174 e. The van der Waals surface area contributed by atoms with Crippen molar-refractivity contribution in [1.82, 2.24) is 20.3 Å². The van der Waals surface area contributed by atoms with Gasteiger partial charge in [0.15, 0.2) is 5.15 Å². The average Bonchev–Trinajstić information content (AvgIpc) is 2.77. The van der Waals surface area contributed by atoms with E-state index in [9.17, 15) is 0 Å². The van der Waals surface area contributed by atoms with Crippen LogP contribution in [-0.2, 0) is 0 Å². The van der Waals surface area contributed by atoms with E-state index in [4.69, 9.17) is 11.6 Å². The predicted octanol–water partition coefficient (Wildman–Crippen LogP) is 0.877. The van der Waals surface area contributed by atoms with E-state index in [1.807, 2.05) is 0 Å². The van der Waals surface area contributed by atoms with Crippen molar-refractivity contribution in [3.63, 3.8) is 0 Å². The Morgan fingerprint density at radius 2 is 2.31 bits per heavy atom. The molecule has 0 radical (unpaired) electrons. The third-order valence-corrected chi connectivity index (χ3v) is 3.49. The van der Waals surface area contributed by atoms with Crippen molar-refractivity contribution in [1.29, 1.82) is 0 Å². The Bertz CT molecular complexity index is 324. The van der Waals surface area contributed by atoms with E-state index in [2.05, 4.69) is 20.3 Å². The largest absolute Gasteiger partial charge is 0.302 e. The van der Waals surface area contributed by atoms with Crippen LogP contribution in [0.5, 0.6) is 0 Å². The first-order valence-electron chi connectivity index (χ1n) is 4.63. The lowest BCUT2D eigenvalue weighted by Crippen LogP contribution is -2.22. The second kappa shape index (κ2) is 2.69. The van der Waals surface area contributed by atoms with E-state index >= 15 is 0 Å². The first kappa shape index (κ1) is 7.76. The number of H-pyrrole nitrogens is 1. The normalized spacial score (nSPS) is 37.2. The molecular weight excluding hydrogens is 188 g/mol. The minimum Gasteiger partial charge on any atom is -0.302 e. The van der Waals surface area contributed by atoms with Crippen molar-refractivity contribution in [2.24, 2.45) is 5.92 Å². The third-order valence-electron chi connectivity index (χ3n) is 3.21. The van der Waals surface area contributed by atoms with Crippen molar-refractivity contribution in [2.45, 2.75) is 12.3 Å². The van der Waals surface area contributed by atoms with Gasteiger partial charge in [0.1, 0.15) is 5.69 Å². The molecule has 2 aliphatic rings. The average molecular weight is 199 g/mol. The molecule has 0 amide bonds. The quantitative estimate of drug-likeness (QED) is 0.729. The second-order valence-electron chi connectivity index (χ2n) is 3.91.